The highest BCUT2D eigenvalue weighted by Crippen LogP contribution is 2.19. The van der Waals surface area contributed by atoms with Crippen molar-refractivity contribution in [3.63, 3.8) is 0 Å². The molecule has 1 aliphatic heterocycles. The van der Waals surface area contributed by atoms with Gasteiger partial charge in [0.15, 0.2) is 5.69 Å². The molecule has 2 heterocycles. The second-order valence-electron chi connectivity index (χ2n) is 9.81. The molecule has 1 aromatic heterocycles. The van der Waals surface area contributed by atoms with Gasteiger partial charge in [0, 0.05) is 38.1 Å². The molecular weight excluding hydrogens is 448 g/mol. The van der Waals surface area contributed by atoms with Crippen LogP contribution < -0.4 is 5.56 Å². The minimum Gasteiger partial charge on any atom is -0.335 e. The van der Waals surface area contributed by atoms with Crippen LogP contribution in [0.15, 0.2) is 83.7 Å². The number of fused-ring (bicyclic) bond motifs is 1. The Morgan fingerprint density at radius 1 is 0.778 bits per heavy atom. The highest BCUT2D eigenvalue weighted by atomic mass is 16.2. The van der Waals surface area contributed by atoms with E-state index in [1.807, 2.05) is 53.4 Å². The molecule has 6 heteroatoms. The number of benzene rings is 3. The van der Waals surface area contributed by atoms with Crippen LogP contribution in [0.3, 0.4) is 0 Å². The minimum atomic E-state index is -0.181. The molecule has 0 atom stereocenters. The number of rotatable bonds is 6. The first kappa shape index (κ1) is 23.9. The van der Waals surface area contributed by atoms with Gasteiger partial charge in [0.2, 0.25) is 0 Å². The summed E-state index contributed by atoms with van der Waals surface area (Å²) in [6.07, 6.45) is 0. The van der Waals surface area contributed by atoms with Crippen LogP contribution >= 0.6 is 0 Å². The fourth-order valence-corrected chi connectivity index (χ4v) is 4.78. The molecular formula is C30H32N4O2. The Hall–Kier alpha value is -3.77. The third-order valence-electron chi connectivity index (χ3n) is 6.96. The molecule has 0 spiro atoms. The topological polar surface area (TPSA) is 58.4 Å². The Morgan fingerprint density at radius 2 is 1.39 bits per heavy atom. The van der Waals surface area contributed by atoms with Crippen molar-refractivity contribution in [3.8, 4) is 0 Å². The van der Waals surface area contributed by atoms with Crippen molar-refractivity contribution in [1.82, 2.24) is 19.6 Å². The molecule has 1 aliphatic rings. The molecule has 0 radical (unpaired) electrons. The Labute approximate surface area is 211 Å². The maximum absolute atomic E-state index is 13.6. The number of amides is 1. The summed E-state index contributed by atoms with van der Waals surface area (Å²) in [5.74, 6) is 0.411. The molecule has 1 saturated heterocycles. The first-order valence-electron chi connectivity index (χ1n) is 12.6. The summed E-state index contributed by atoms with van der Waals surface area (Å²) in [5.41, 5.74) is 3.77. The summed E-state index contributed by atoms with van der Waals surface area (Å²) in [6, 6.07) is 25.8. The number of nitrogens with zero attached hydrogens (tertiary/aromatic N) is 4. The zero-order chi connectivity index (χ0) is 25.1. The van der Waals surface area contributed by atoms with Crippen molar-refractivity contribution in [2.45, 2.75) is 32.9 Å². The summed E-state index contributed by atoms with van der Waals surface area (Å²) in [4.78, 5) is 31.0. The van der Waals surface area contributed by atoms with E-state index in [0.717, 1.165) is 25.2 Å². The largest absolute Gasteiger partial charge is 0.335 e. The van der Waals surface area contributed by atoms with Gasteiger partial charge in [-0.3, -0.25) is 14.5 Å². The maximum atomic E-state index is 13.6. The van der Waals surface area contributed by atoms with Crippen LogP contribution in [0.1, 0.15) is 46.9 Å². The van der Waals surface area contributed by atoms with Crippen LogP contribution in [-0.2, 0) is 13.1 Å². The Balaban J connectivity index is 1.33. The van der Waals surface area contributed by atoms with Crippen molar-refractivity contribution < 1.29 is 4.79 Å². The van der Waals surface area contributed by atoms with E-state index in [1.165, 1.54) is 15.8 Å². The standard InChI is InChI=1S/C30H32N4O2/c1-22(2)25-14-12-24(13-15-25)20-32-16-18-33(19-17-32)30(36)28-26-10-6-7-11-27(26)29(35)34(31-28)21-23-8-4-3-5-9-23/h3-15,22H,16-21H2,1-2H3. The van der Waals surface area contributed by atoms with E-state index in [2.05, 4.69) is 48.1 Å². The lowest BCUT2D eigenvalue weighted by atomic mass is 10.0. The van der Waals surface area contributed by atoms with Gasteiger partial charge in [-0.05, 0) is 28.7 Å². The molecule has 36 heavy (non-hydrogen) atoms. The highest BCUT2D eigenvalue weighted by molar-refractivity contribution is 6.04. The zero-order valence-electron chi connectivity index (χ0n) is 20.9. The lowest BCUT2D eigenvalue weighted by Gasteiger charge is -2.34. The number of piperazine rings is 1. The van der Waals surface area contributed by atoms with Crippen molar-refractivity contribution in [2.24, 2.45) is 0 Å². The van der Waals surface area contributed by atoms with Crippen molar-refractivity contribution in [1.29, 1.82) is 0 Å². The van der Waals surface area contributed by atoms with Crippen molar-refractivity contribution in [3.05, 3.63) is 112 Å². The summed E-state index contributed by atoms with van der Waals surface area (Å²) in [6.45, 7) is 8.50. The molecule has 0 saturated carbocycles. The number of hydrogen-bond acceptors (Lipinski definition) is 4. The highest BCUT2D eigenvalue weighted by Gasteiger charge is 2.26. The quantitative estimate of drug-likeness (QED) is 0.407. The molecule has 0 bridgehead atoms. The lowest BCUT2D eigenvalue weighted by molar-refractivity contribution is 0.0622. The predicted octanol–water partition coefficient (Wildman–Crippen LogP) is 4.53. The number of carbonyl (C=O) groups is 1. The average molecular weight is 481 g/mol. The van der Waals surface area contributed by atoms with Gasteiger partial charge < -0.3 is 4.90 Å². The van der Waals surface area contributed by atoms with Crippen LogP contribution in [0.4, 0.5) is 0 Å². The summed E-state index contributed by atoms with van der Waals surface area (Å²) >= 11 is 0. The van der Waals surface area contributed by atoms with E-state index in [1.54, 1.807) is 6.07 Å². The maximum Gasteiger partial charge on any atom is 0.275 e. The van der Waals surface area contributed by atoms with Gasteiger partial charge in [0.25, 0.3) is 11.5 Å². The van der Waals surface area contributed by atoms with E-state index in [0.29, 0.717) is 42.0 Å². The monoisotopic (exact) mass is 480 g/mol. The smallest absolute Gasteiger partial charge is 0.275 e. The van der Waals surface area contributed by atoms with E-state index < -0.39 is 0 Å². The van der Waals surface area contributed by atoms with E-state index in [9.17, 15) is 9.59 Å². The molecule has 1 amide bonds. The van der Waals surface area contributed by atoms with Crippen molar-refractivity contribution in [2.75, 3.05) is 26.2 Å². The Morgan fingerprint density at radius 3 is 2.06 bits per heavy atom. The van der Waals surface area contributed by atoms with Crippen LogP contribution in [0.25, 0.3) is 10.8 Å². The van der Waals surface area contributed by atoms with Gasteiger partial charge in [-0.25, -0.2) is 4.68 Å². The van der Waals surface area contributed by atoms with Gasteiger partial charge >= 0.3 is 0 Å². The van der Waals surface area contributed by atoms with Crippen LogP contribution in [0.5, 0.6) is 0 Å². The summed E-state index contributed by atoms with van der Waals surface area (Å²) < 4.78 is 1.42. The molecule has 5 rings (SSSR count). The number of aromatic nitrogens is 2. The SMILES string of the molecule is CC(C)c1ccc(CN2CCN(C(=O)c3nn(Cc4ccccc4)c(=O)c4ccccc34)CC2)cc1. The van der Waals surface area contributed by atoms with E-state index >= 15 is 0 Å². The molecule has 1 fully saturated rings. The Kier molecular flexibility index (Phi) is 6.96. The third-order valence-corrected chi connectivity index (χ3v) is 6.96. The zero-order valence-corrected chi connectivity index (χ0v) is 20.9. The molecule has 3 aromatic carbocycles. The number of carbonyl (C=O) groups excluding carboxylic acids is 1. The summed E-state index contributed by atoms with van der Waals surface area (Å²) in [5, 5.41) is 5.72. The lowest BCUT2D eigenvalue weighted by Crippen LogP contribution is -2.48. The normalized spacial score (nSPS) is 14.5. The van der Waals surface area contributed by atoms with Crippen LogP contribution in [0.2, 0.25) is 0 Å². The van der Waals surface area contributed by atoms with Gasteiger partial charge in [-0.2, -0.15) is 5.10 Å². The molecule has 184 valence electrons. The summed E-state index contributed by atoms with van der Waals surface area (Å²) in [7, 11) is 0. The fraction of sp³-hybridized carbons (Fsp3) is 0.300. The molecule has 0 unspecified atom stereocenters. The Bertz CT molecular complexity index is 1400. The van der Waals surface area contributed by atoms with Gasteiger partial charge in [-0.1, -0.05) is 86.6 Å². The molecule has 4 aromatic rings. The fourth-order valence-electron chi connectivity index (χ4n) is 4.78. The second kappa shape index (κ2) is 10.5. The first-order valence-corrected chi connectivity index (χ1v) is 12.6. The van der Waals surface area contributed by atoms with Gasteiger partial charge in [0.05, 0.1) is 11.9 Å². The first-order chi connectivity index (χ1) is 17.5. The van der Waals surface area contributed by atoms with Crippen molar-refractivity contribution >= 4 is 16.7 Å². The molecule has 6 nitrogen and oxygen atoms in total. The molecule has 0 aliphatic carbocycles. The van der Waals surface area contributed by atoms with E-state index in [4.69, 9.17) is 0 Å². The average Bonchev–Trinajstić information content (AvgIpc) is 2.91. The predicted molar refractivity (Wildman–Crippen MR) is 143 cm³/mol. The van der Waals surface area contributed by atoms with Gasteiger partial charge in [0.1, 0.15) is 0 Å². The van der Waals surface area contributed by atoms with Crippen LogP contribution in [0, 0.1) is 0 Å². The minimum absolute atomic E-state index is 0.117. The van der Waals surface area contributed by atoms with Crippen LogP contribution in [-0.4, -0.2) is 51.7 Å². The molecule has 0 N–H and O–H groups in total. The van der Waals surface area contributed by atoms with E-state index in [-0.39, 0.29) is 11.5 Å². The third kappa shape index (κ3) is 5.09. The van der Waals surface area contributed by atoms with Gasteiger partial charge in [-0.15, -0.1) is 0 Å². The second-order valence-corrected chi connectivity index (χ2v) is 9.81. The number of hydrogen-bond donors (Lipinski definition) is 0.